The van der Waals surface area contributed by atoms with E-state index in [0.717, 1.165) is 18.0 Å². The molecular weight excluding hydrogens is 210 g/mol. The predicted molar refractivity (Wildman–Crippen MR) is 71.2 cm³/mol. The first-order valence-electron chi connectivity index (χ1n) is 7.39. The lowest BCUT2D eigenvalue weighted by Gasteiger charge is -2.43. The summed E-state index contributed by atoms with van der Waals surface area (Å²) in [4.78, 5) is 7.99. The van der Waals surface area contributed by atoms with Gasteiger partial charge in [-0.3, -0.25) is 9.80 Å². The number of fused-ring (bicyclic) bond motifs is 1. The van der Waals surface area contributed by atoms with Crippen LogP contribution in [0.2, 0.25) is 0 Å². The smallest absolute Gasteiger partial charge is 0.0224 e. The Hall–Kier alpha value is -0.120. The van der Waals surface area contributed by atoms with Gasteiger partial charge in [-0.15, -0.1) is 0 Å². The Morgan fingerprint density at radius 3 is 2.71 bits per heavy atom. The summed E-state index contributed by atoms with van der Waals surface area (Å²) in [6.45, 7) is 10.4. The first-order chi connectivity index (χ1) is 8.22. The topological polar surface area (TPSA) is 9.72 Å². The normalized spacial score (nSPS) is 40.9. The number of hydrogen-bond acceptors (Lipinski definition) is 3. The molecule has 98 valence electrons. The van der Waals surface area contributed by atoms with Crippen molar-refractivity contribution < 1.29 is 0 Å². The SMILES string of the molecule is CC1CN2CCCC2CN1CC1CCN(C)C1. The molecule has 0 saturated carbocycles. The largest absolute Gasteiger partial charge is 0.306 e. The van der Waals surface area contributed by atoms with E-state index in [1.165, 1.54) is 58.5 Å². The number of likely N-dealkylation sites (tertiary alicyclic amines) is 1. The molecule has 0 radical (unpaired) electrons. The van der Waals surface area contributed by atoms with E-state index in [0.29, 0.717) is 0 Å². The van der Waals surface area contributed by atoms with Crippen LogP contribution in [0, 0.1) is 5.92 Å². The third kappa shape index (κ3) is 2.51. The Kier molecular flexibility index (Phi) is 3.42. The van der Waals surface area contributed by atoms with Crippen LogP contribution >= 0.6 is 0 Å². The van der Waals surface area contributed by atoms with Crippen molar-refractivity contribution in [1.29, 1.82) is 0 Å². The Balaban J connectivity index is 1.55. The molecule has 3 aliphatic rings. The van der Waals surface area contributed by atoms with E-state index in [1.54, 1.807) is 0 Å². The van der Waals surface area contributed by atoms with Crippen LogP contribution in [0.25, 0.3) is 0 Å². The lowest BCUT2D eigenvalue weighted by Crippen LogP contribution is -2.55. The van der Waals surface area contributed by atoms with Gasteiger partial charge in [-0.1, -0.05) is 0 Å². The molecule has 3 heteroatoms. The fraction of sp³-hybridized carbons (Fsp3) is 1.00. The van der Waals surface area contributed by atoms with Gasteiger partial charge in [0.05, 0.1) is 0 Å². The lowest BCUT2D eigenvalue weighted by atomic mass is 10.0. The van der Waals surface area contributed by atoms with Crippen molar-refractivity contribution in [3.8, 4) is 0 Å². The minimum atomic E-state index is 0.773. The van der Waals surface area contributed by atoms with Crippen molar-refractivity contribution in [1.82, 2.24) is 14.7 Å². The summed E-state index contributed by atoms with van der Waals surface area (Å²) in [5.41, 5.74) is 0. The van der Waals surface area contributed by atoms with E-state index < -0.39 is 0 Å². The van der Waals surface area contributed by atoms with Crippen molar-refractivity contribution in [2.45, 2.75) is 38.3 Å². The first kappa shape index (κ1) is 11.9. The Morgan fingerprint density at radius 2 is 1.94 bits per heavy atom. The molecule has 0 spiro atoms. The minimum Gasteiger partial charge on any atom is -0.306 e. The minimum absolute atomic E-state index is 0.773. The van der Waals surface area contributed by atoms with Crippen LogP contribution in [0.5, 0.6) is 0 Å². The van der Waals surface area contributed by atoms with Gasteiger partial charge in [-0.05, 0) is 52.2 Å². The maximum Gasteiger partial charge on any atom is 0.0224 e. The molecule has 3 nitrogen and oxygen atoms in total. The highest BCUT2D eigenvalue weighted by Crippen LogP contribution is 2.26. The van der Waals surface area contributed by atoms with Gasteiger partial charge in [0.15, 0.2) is 0 Å². The zero-order chi connectivity index (χ0) is 11.8. The predicted octanol–water partition coefficient (Wildman–Crippen LogP) is 1.11. The summed E-state index contributed by atoms with van der Waals surface area (Å²) in [6, 6.07) is 1.65. The van der Waals surface area contributed by atoms with Crippen molar-refractivity contribution in [3.05, 3.63) is 0 Å². The molecule has 0 bridgehead atoms. The fourth-order valence-corrected chi connectivity index (χ4v) is 4.01. The third-order valence-corrected chi connectivity index (χ3v) is 5.05. The molecule has 3 aliphatic heterocycles. The maximum absolute atomic E-state index is 2.77. The van der Waals surface area contributed by atoms with Crippen molar-refractivity contribution >= 4 is 0 Å². The van der Waals surface area contributed by atoms with Crippen LogP contribution in [0.4, 0.5) is 0 Å². The number of hydrogen-bond donors (Lipinski definition) is 0. The van der Waals surface area contributed by atoms with Gasteiger partial charge in [0.2, 0.25) is 0 Å². The highest BCUT2D eigenvalue weighted by Gasteiger charge is 2.35. The molecule has 0 N–H and O–H groups in total. The molecule has 0 aliphatic carbocycles. The van der Waals surface area contributed by atoms with Crippen LogP contribution in [-0.4, -0.2) is 73.1 Å². The van der Waals surface area contributed by atoms with Gasteiger partial charge in [-0.25, -0.2) is 0 Å². The molecule has 0 aromatic rings. The quantitative estimate of drug-likeness (QED) is 0.712. The summed E-state index contributed by atoms with van der Waals surface area (Å²) >= 11 is 0. The number of piperazine rings is 1. The maximum atomic E-state index is 2.77. The first-order valence-corrected chi connectivity index (χ1v) is 7.39. The van der Waals surface area contributed by atoms with Gasteiger partial charge in [0, 0.05) is 38.3 Å². The molecule has 3 atom stereocenters. The summed E-state index contributed by atoms with van der Waals surface area (Å²) in [5.74, 6) is 0.926. The van der Waals surface area contributed by atoms with E-state index in [4.69, 9.17) is 0 Å². The molecule has 0 aromatic carbocycles. The lowest BCUT2D eigenvalue weighted by molar-refractivity contribution is 0.0491. The number of rotatable bonds is 2. The Bertz CT molecular complexity index is 268. The second kappa shape index (κ2) is 4.87. The highest BCUT2D eigenvalue weighted by atomic mass is 15.3. The van der Waals surface area contributed by atoms with Crippen molar-refractivity contribution in [2.75, 3.05) is 46.3 Å². The van der Waals surface area contributed by atoms with Crippen LogP contribution in [0.15, 0.2) is 0 Å². The zero-order valence-electron chi connectivity index (χ0n) is 11.4. The molecule has 17 heavy (non-hydrogen) atoms. The number of nitrogens with zero attached hydrogens (tertiary/aromatic N) is 3. The Morgan fingerprint density at radius 1 is 1.06 bits per heavy atom. The van der Waals surface area contributed by atoms with Crippen LogP contribution < -0.4 is 0 Å². The standard InChI is InChI=1S/C14H27N3/c1-12-8-16-6-3-4-14(16)11-17(12)10-13-5-7-15(2)9-13/h12-14H,3-11H2,1-2H3. The molecule has 3 fully saturated rings. The molecule has 3 rings (SSSR count). The average Bonchev–Trinajstić information content (AvgIpc) is 2.88. The molecule has 3 saturated heterocycles. The molecule has 0 aromatic heterocycles. The molecule has 3 unspecified atom stereocenters. The summed E-state index contributed by atoms with van der Waals surface area (Å²) < 4.78 is 0. The van der Waals surface area contributed by atoms with Crippen LogP contribution in [0.3, 0.4) is 0 Å². The molecular formula is C14H27N3. The Labute approximate surface area is 106 Å². The van der Waals surface area contributed by atoms with Crippen LogP contribution in [-0.2, 0) is 0 Å². The molecule has 3 heterocycles. The van der Waals surface area contributed by atoms with Gasteiger partial charge in [0.1, 0.15) is 0 Å². The summed E-state index contributed by atoms with van der Waals surface area (Å²) in [6.07, 6.45) is 4.28. The second-order valence-electron chi connectivity index (χ2n) is 6.51. The van der Waals surface area contributed by atoms with Gasteiger partial charge >= 0.3 is 0 Å². The monoisotopic (exact) mass is 237 g/mol. The van der Waals surface area contributed by atoms with E-state index in [9.17, 15) is 0 Å². The van der Waals surface area contributed by atoms with Gasteiger partial charge in [-0.2, -0.15) is 0 Å². The highest BCUT2D eigenvalue weighted by molar-refractivity contribution is 4.91. The van der Waals surface area contributed by atoms with Gasteiger partial charge in [0.25, 0.3) is 0 Å². The summed E-state index contributed by atoms with van der Waals surface area (Å²) in [5, 5.41) is 0. The molecule has 0 amide bonds. The fourth-order valence-electron chi connectivity index (χ4n) is 4.01. The van der Waals surface area contributed by atoms with E-state index in [2.05, 4.69) is 28.7 Å². The zero-order valence-corrected chi connectivity index (χ0v) is 11.4. The summed E-state index contributed by atoms with van der Waals surface area (Å²) in [7, 11) is 2.26. The van der Waals surface area contributed by atoms with Gasteiger partial charge < -0.3 is 4.90 Å². The van der Waals surface area contributed by atoms with Crippen LogP contribution in [0.1, 0.15) is 26.2 Å². The van der Waals surface area contributed by atoms with E-state index >= 15 is 0 Å². The van der Waals surface area contributed by atoms with E-state index in [1.807, 2.05) is 0 Å². The van der Waals surface area contributed by atoms with E-state index in [-0.39, 0.29) is 0 Å². The second-order valence-corrected chi connectivity index (χ2v) is 6.51. The average molecular weight is 237 g/mol. The van der Waals surface area contributed by atoms with Crippen molar-refractivity contribution in [2.24, 2.45) is 5.92 Å². The van der Waals surface area contributed by atoms with Crippen molar-refractivity contribution in [3.63, 3.8) is 0 Å². The third-order valence-electron chi connectivity index (χ3n) is 5.05.